The van der Waals surface area contributed by atoms with E-state index in [9.17, 15) is 4.39 Å². The summed E-state index contributed by atoms with van der Waals surface area (Å²) in [4.78, 5) is 7.83. The molecule has 0 aliphatic carbocycles. The summed E-state index contributed by atoms with van der Waals surface area (Å²) in [6.45, 7) is 3.97. The number of benzene rings is 1. The van der Waals surface area contributed by atoms with Gasteiger partial charge in [0.1, 0.15) is 12.1 Å². The van der Waals surface area contributed by atoms with Gasteiger partial charge >= 0.3 is 0 Å². The van der Waals surface area contributed by atoms with E-state index < -0.39 is 0 Å². The van der Waals surface area contributed by atoms with E-state index in [0.29, 0.717) is 11.3 Å². The van der Waals surface area contributed by atoms with Crippen LogP contribution in [-0.2, 0) is 0 Å². The van der Waals surface area contributed by atoms with Gasteiger partial charge in [0.2, 0.25) is 0 Å². The minimum absolute atomic E-state index is 0.175. The van der Waals surface area contributed by atoms with Crippen LogP contribution in [0.15, 0.2) is 30.9 Å². The molecule has 0 saturated heterocycles. The average Bonchev–Trinajstić information content (AvgIpc) is 2.32. The number of nitrogens with two attached hydrogens (primary N) is 1. The van der Waals surface area contributed by atoms with Crippen LogP contribution >= 0.6 is 0 Å². The SMILES string of the molecule is CC(C)c1cc(F)cc(-c2cncnc2)c1N. The van der Waals surface area contributed by atoms with Gasteiger partial charge in [-0.3, -0.25) is 0 Å². The van der Waals surface area contributed by atoms with Crippen molar-refractivity contribution in [2.24, 2.45) is 0 Å². The maximum absolute atomic E-state index is 13.6. The van der Waals surface area contributed by atoms with Crippen LogP contribution in [0.2, 0.25) is 0 Å². The standard InChI is InChI=1S/C13H14FN3/c1-8(2)11-3-10(14)4-12(13(11)15)9-5-16-7-17-6-9/h3-8H,15H2,1-2H3. The van der Waals surface area contributed by atoms with Crippen LogP contribution in [0, 0.1) is 5.82 Å². The molecular weight excluding hydrogens is 217 g/mol. The molecule has 0 fully saturated rings. The molecule has 0 aliphatic rings. The fraction of sp³-hybridized carbons (Fsp3) is 0.231. The number of anilines is 1. The van der Waals surface area contributed by atoms with E-state index in [1.165, 1.54) is 18.5 Å². The third-order valence-corrected chi connectivity index (χ3v) is 2.67. The Morgan fingerprint density at radius 3 is 2.41 bits per heavy atom. The Morgan fingerprint density at radius 2 is 1.82 bits per heavy atom. The highest BCUT2D eigenvalue weighted by Crippen LogP contribution is 2.32. The Bertz CT molecular complexity index is 524. The van der Waals surface area contributed by atoms with Crippen molar-refractivity contribution in [3.8, 4) is 11.1 Å². The second-order valence-corrected chi connectivity index (χ2v) is 4.24. The number of halogens is 1. The number of aromatic nitrogens is 2. The number of nitrogen functional groups attached to an aromatic ring is 1. The fourth-order valence-corrected chi connectivity index (χ4v) is 1.79. The molecule has 1 aromatic heterocycles. The molecule has 0 bridgehead atoms. The molecule has 0 saturated carbocycles. The molecule has 0 amide bonds. The van der Waals surface area contributed by atoms with Crippen LogP contribution in [0.3, 0.4) is 0 Å². The van der Waals surface area contributed by atoms with E-state index in [0.717, 1.165) is 11.1 Å². The normalized spacial score (nSPS) is 10.8. The van der Waals surface area contributed by atoms with Crippen LogP contribution in [0.5, 0.6) is 0 Å². The predicted molar refractivity (Wildman–Crippen MR) is 65.9 cm³/mol. The second kappa shape index (κ2) is 4.49. The average molecular weight is 231 g/mol. The minimum atomic E-state index is -0.290. The van der Waals surface area contributed by atoms with Crippen molar-refractivity contribution in [1.29, 1.82) is 0 Å². The summed E-state index contributed by atoms with van der Waals surface area (Å²) in [5, 5.41) is 0. The van der Waals surface area contributed by atoms with Crippen molar-refractivity contribution in [2.75, 3.05) is 5.73 Å². The highest BCUT2D eigenvalue weighted by Gasteiger charge is 2.12. The summed E-state index contributed by atoms with van der Waals surface area (Å²) in [5.74, 6) is -0.115. The Labute approximate surface area is 99.5 Å². The summed E-state index contributed by atoms with van der Waals surface area (Å²) in [5.41, 5.74) is 8.84. The quantitative estimate of drug-likeness (QED) is 0.808. The third-order valence-electron chi connectivity index (χ3n) is 2.67. The molecule has 2 aromatic rings. The van der Waals surface area contributed by atoms with E-state index in [1.807, 2.05) is 13.8 Å². The van der Waals surface area contributed by atoms with Crippen LogP contribution < -0.4 is 5.73 Å². The van der Waals surface area contributed by atoms with Gasteiger partial charge in [0, 0.05) is 29.2 Å². The minimum Gasteiger partial charge on any atom is -0.398 e. The molecule has 2 rings (SSSR count). The zero-order valence-electron chi connectivity index (χ0n) is 9.81. The molecule has 0 aliphatic heterocycles. The van der Waals surface area contributed by atoms with Gasteiger partial charge in [0.15, 0.2) is 0 Å². The van der Waals surface area contributed by atoms with Crippen molar-refractivity contribution in [3.63, 3.8) is 0 Å². The van der Waals surface area contributed by atoms with Crippen molar-refractivity contribution in [1.82, 2.24) is 9.97 Å². The van der Waals surface area contributed by atoms with Gasteiger partial charge in [0.05, 0.1) is 0 Å². The second-order valence-electron chi connectivity index (χ2n) is 4.24. The zero-order valence-corrected chi connectivity index (χ0v) is 9.81. The summed E-state index contributed by atoms with van der Waals surface area (Å²) < 4.78 is 13.6. The van der Waals surface area contributed by atoms with Crippen LogP contribution in [-0.4, -0.2) is 9.97 Å². The molecule has 88 valence electrons. The molecule has 2 N–H and O–H groups in total. The molecule has 0 radical (unpaired) electrons. The number of nitrogens with zero attached hydrogens (tertiary/aromatic N) is 2. The predicted octanol–water partition coefficient (Wildman–Crippen LogP) is 2.99. The molecule has 0 unspecified atom stereocenters. The van der Waals surface area contributed by atoms with Gasteiger partial charge in [-0.25, -0.2) is 14.4 Å². The highest BCUT2D eigenvalue weighted by atomic mass is 19.1. The van der Waals surface area contributed by atoms with Crippen molar-refractivity contribution < 1.29 is 4.39 Å². The van der Waals surface area contributed by atoms with Crippen molar-refractivity contribution in [3.05, 3.63) is 42.2 Å². The number of rotatable bonds is 2. The molecule has 0 spiro atoms. The van der Waals surface area contributed by atoms with Gasteiger partial charge in [0.25, 0.3) is 0 Å². The monoisotopic (exact) mass is 231 g/mol. The van der Waals surface area contributed by atoms with Crippen molar-refractivity contribution >= 4 is 5.69 Å². The molecule has 0 atom stereocenters. The fourth-order valence-electron chi connectivity index (χ4n) is 1.79. The molecule has 1 heterocycles. The van der Waals surface area contributed by atoms with E-state index in [1.54, 1.807) is 12.4 Å². The lowest BCUT2D eigenvalue weighted by Gasteiger charge is -2.14. The molecule has 3 nitrogen and oxygen atoms in total. The highest BCUT2D eigenvalue weighted by molar-refractivity contribution is 5.78. The lowest BCUT2D eigenvalue weighted by molar-refractivity contribution is 0.624. The van der Waals surface area contributed by atoms with Crippen molar-refractivity contribution in [2.45, 2.75) is 19.8 Å². The third kappa shape index (κ3) is 2.25. The van der Waals surface area contributed by atoms with Gasteiger partial charge in [-0.1, -0.05) is 13.8 Å². The molecule has 4 heteroatoms. The summed E-state index contributed by atoms with van der Waals surface area (Å²) in [6.07, 6.45) is 4.69. The summed E-state index contributed by atoms with van der Waals surface area (Å²) >= 11 is 0. The molecule has 1 aromatic carbocycles. The van der Waals surface area contributed by atoms with Crippen LogP contribution in [0.4, 0.5) is 10.1 Å². The molecular formula is C13H14FN3. The van der Waals surface area contributed by atoms with E-state index in [-0.39, 0.29) is 11.7 Å². The maximum Gasteiger partial charge on any atom is 0.124 e. The van der Waals surface area contributed by atoms with Gasteiger partial charge in [-0.05, 0) is 23.6 Å². The lowest BCUT2D eigenvalue weighted by Crippen LogP contribution is -2.01. The number of hydrogen-bond acceptors (Lipinski definition) is 3. The largest absolute Gasteiger partial charge is 0.398 e. The van der Waals surface area contributed by atoms with E-state index >= 15 is 0 Å². The Kier molecular flexibility index (Phi) is 3.04. The maximum atomic E-state index is 13.6. The topological polar surface area (TPSA) is 51.8 Å². The molecule has 17 heavy (non-hydrogen) atoms. The van der Waals surface area contributed by atoms with Gasteiger partial charge in [-0.15, -0.1) is 0 Å². The summed E-state index contributed by atoms with van der Waals surface area (Å²) in [6, 6.07) is 2.90. The van der Waals surface area contributed by atoms with Gasteiger partial charge < -0.3 is 5.73 Å². The first-order valence-corrected chi connectivity index (χ1v) is 5.44. The number of hydrogen-bond donors (Lipinski definition) is 1. The Morgan fingerprint density at radius 1 is 1.18 bits per heavy atom. The van der Waals surface area contributed by atoms with E-state index in [4.69, 9.17) is 5.73 Å². The first kappa shape index (κ1) is 11.5. The lowest BCUT2D eigenvalue weighted by atomic mass is 9.95. The summed E-state index contributed by atoms with van der Waals surface area (Å²) in [7, 11) is 0. The zero-order chi connectivity index (χ0) is 12.4. The van der Waals surface area contributed by atoms with Crippen LogP contribution in [0.25, 0.3) is 11.1 Å². The smallest absolute Gasteiger partial charge is 0.124 e. The van der Waals surface area contributed by atoms with Crippen LogP contribution in [0.1, 0.15) is 25.3 Å². The van der Waals surface area contributed by atoms with E-state index in [2.05, 4.69) is 9.97 Å². The Balaban J connectivity index is 2.63. The van der Waals surface area contributed by atoms with Gasteiger partial charge in [-0.2, -0.15) is 0 Å². The first-order valence-electron chi connectivity index (χ1n) is 5.44. The first-order chi connectivity index (χ1) is 8.09. The Hall–Kier alpha value is -1.97.